The number of nitrogens with one attached hydrogen (secondary N) is 1. The lowest BCUT2D eigenvalue weighted by molar-refractivity contribution is -0.153. The van der Waals surface area contributed by atoms with E-state index in [9.17, 15) is 9.59 Å². The molecule has 1 atom stereocenters. The van der Waals surface area contributed by atoms with Crippen LogP contribution in [0.15, 0.2) is 0 Å². The van der Waals surface area contributed by atoms with Gasteiger partial charge < -0.3 is 10.2 Å². The first-order chi connectivity index (χ1) is 7.70. The third-order valence-electron chi connectivity index (χ3n) is 3.56. The molecule has 0 aromatic rings. The molecule has 1 aliphatic rings. The summed E-state index contributed by atoms with van der Waals surface area (Å²) in [5.74, 6) is -0.00768. The normalized spacial score (nSPS) is 26.1. The molecule has 1 saturated heterocycles. The molecule has 0 aromatic heterocycles. The molecule has 4 nitrogen and oxygen atoms in total. The van der Waals surface area contributed by atoms with Gasteiger partial charge in [-0.25, -0.2) is 0 Å². The Bertz CT molecular complexity index is 320. The number of amides is 2. The first-order valence-electron chi connectivity index (χ1n) is 6.29. The lowest BCUT2D eigenvalue weighted by Crippen LogP contribution is -2.65. The second kappa shape index (κ2) is 4.67. The Morgan fingerprint density at radius 1 is 1.35 bits per heavy atom. The molecule has 98 valence electrons. The van der Waals surface area contributed by atoms with Gasteiger partial charge >= 0.3 is 0 Å². The summed E-state index contributed by atoms with van der Waals surface area (Å²) >= 11 is 0. The van der Waals surface area contributed by atoms with Gasteiger partial charge in [-0.3, -0.25) is 9.59 Å². The summed E-state index contributed by atoms with van der Waals surface area (Å²) in [6, 6.07) is 0. The number of piperazine rings is 1. The number of carbonyl (C=O) groups is 2. The van der Waals surface area contributed by atoms with Crippen molar-refractivity contribution in [1.29, 1.82) is 0 Å². The van der Waals surface area contributed by atoms with E-state index in [0.717, 1.165) is 6.42 Å². The summed E-state index contributed by atoms with van der Waals surface area (Å²) in [5.41, 5.74) is -0.510. The molecule has 1 rings (SSSR count). The average molecular weight is 240 g/mol. The summed E-state index contributed by atoms with van der Waals surface area (Å²) < 4.78 is 0. The van der Waals surface area contributed by atoms with E-state index in [4.69, 9.17) is 0 Å². The summed E-state index contributed by atoms with van der Waals surface area (Å²) in [6.07, 6.45) is 1.55. The van der Waals surface area contributed by atoms with E-state index >= 15 is 0 Å². The third kappa shape index (κ3) is 2.99. The van der Waals surface area contributed by atoms with E-state index in [1.54, 1.807) is 4.90 Å². The Morgan fingerprint density at radius 2 is 1.94 bits per heavy atom. The van der Waals surface area contributed by atoms with E-state index in [2.05, 4.69) is 26.1 Å². The Hall–Kier alpha value is -1.06. The maximum atomic E-state index is 11.9. The molecule has 4 heteroatoms. The van der Waals surface area contributed by atoms with Crippen LogP contribution in [0, 0.1) is 5.41 Å². The molecule has 0 spiro atoms. The molecule has 0 bridgehead atoms. The third-order valence-corrected chi connectivity index (χ3v) is 3.56. The standard InChI is InChI=1S/C13H24N2O2/c1-6-13(5)11(17)14-9-10(16)15(13)8-7-12(2,3)4/h6-9H2,1-5H3,(H,14,17). The number of hydrogen-bond acceptors (Lipinski definition) is 2. The predicted octanol–water partition coefficient (Wildman–Crippen LogP) is 1.55. The molecule has 1 unspecified atom stereocenters. The minimum Gasteiger partial charge on any atom is -0.345 e. The van der Waals surface area contributed by atoms with Gasteiger partial charge in [0.2, 0.25) is 11.8 Å². The van der Waals surface area contributed by atoms with Gasteiger partial charge in [0, 0.05) is 6.54 Å². The van der Waals surface area contributed by atoms with Crippen LogP contribution in [0.5, 0.6) is 0 Å². The molecule has 1 heterocycles. The van der Waals surface area contributed by atoms with Crippen LogP contribution in [0.1, 0.15) is 47.5 Å². The van der Waals surface area contributed by atoms with Gasteiger partial charge in [0.1, 0.15) is 5.54 Å². The van der Waals surface area contributed by atoms with E-state index in [-0.39, 0.29) is 23.8 Å². The number of carbonyl (C=O) groups excluding carboxylic acids is 2. The molecular formula is C13H24N2O2. The Balaban J connectivity index is 2.83. The molecule has 0 radical (unpaired) electrons. The van der Waals surface area contributed by atoms with Crippen molar-refractivity contribution in [3.8, 4) is 0 Å². The Morgan fingerprint density at radius 3 is 2.41 bits per heavy atom. The first kappa shape index (κ1) is 14.0. The molecule has 1 N–H and O–H groups in total. The molecule has 0 saturated carbocycles. The Kier molecular flexibility index (Phi) is 3.84. The fourth-order valence-electron chi connectivity index (χ4n) is 2.01. The van der Waals surface area contributed by atoms with E-state index in [1.807, 2.05) is 13.8 Å². The predicted molar refractivity (Wildman–Crippen MR) is 67.5 cm³/mol. The number of nitrogens with zero attached hydrogens (tertiary/aromatic N) is 1. The van der Waals surface area contributed by atoms with Crippen LogP contribution in [-0.2, 0) is 9.59 Å². The fourth-order valence-corrected chi connectivity index (χ4v) is 2.01. The molecule has 2 amide bonds. The van der Waals surface area contributed by atoms with Crippen molar-refractivity contribution in [3.63, 3.8) is 0 Å². The largest absolute Gasteiger partial charge is 0.345 e. The average Bonchev–Trinajstić information content (AvgIpc) is 2.22. The van der Waals surface area contributed by atoms with Crippen LogP contribution < -0.4 is 5.32 Å². The van der Waals surface area contributed by atoms with Gasteiger partial charge in [-0.1, -0.05) is 27.7 Å². The van der Waals surface area contributed by atoms with Crippen molar-refractivity contribution in [2.24, 2.45) is 5.41 Å². The van der Waals surface area contributed by atoms with Gasteiger partial charge in [0.25, 0.3) is 0 Å². The van der Waals surface area contributed by atoms with E-state index < -0.39 is 5.54 Å². The second-order valence-corrected chi connectivity index (χ2v) is 6.17. The number of hydrogen-bond donors (Lipinski definition) is 1. The van der Waals surface area contributed by atoms with Gasteiger partial charge in [-0.15, -0.1) is 0 Å². The minimum absolute atomic E-state index is 0.0261. The van der Waals surface area contributed by atoms with Gasteiger partial charge in [-0.2, -0.15) is 0 Å². The lowest BCUT2D eigenvalue weighted by Gasteiger charge is -2.44. The quantitative estimate of drug-likeness (QED) is 0.813. The zero-order valence-corrected chi connectivity index (χ0v) is 11.6. The minimum atomic E-state index is -0.680. The highest BCUT2D eigenvalue weighted by atomic mass is 16.2. The molecule has 0 aromatic carbocycles. The maximum Gasteiger partial charge on any atom is 0.246 e. The Labute approximate surface area is 104 Å². The van der Waals surface area contributed by atoms with Gasteiger partial charge in [0.15, 0.2) is 0 Å². The van der Waals surface area contributed by atoms with Crippen LogP contribution in [0.3, 0.4) is 0 Å². The smallest absolute Gasteiger partial charge is 0.246 e. The van der Waals surface area contributed by atoms with Crippen LogP contribution in [0.2, 0.25) is 0 Å². The summed E-state index contributed by atoms with van der Waals surface area (Å²) in [5, 5.41) is 2.67. The number of rotatable bonds is 3. The van der Waals surface area contributed by atoms with Crippen LogP contribution in [-0.4, -0.2) is 35.3 Å². The van der Waals surface area contributed by atoms with Crippen molar-refractivity contribution in [1.82, 2.24) is 10.2 Å². The second-order valence-electron chi connectivity index (χ2n) is 6.17. The molecule has 1 aliphatic heterocycles. The fraction of sp³-hybridized carbons (Fsp3) is 0.846. The highest BCUT2D eigenvalue weighted by Gasteiger charge is 2.43. The molecule has 1 fully saturated rings. The van der Waals surface area contributed by atoms with Gasteiger partial charge in [0.05, 0.1) is 6.54 Å². The van der Waals surface area contributed by atoms with Crippen LogP contribution in [0.4, 0.5) is 0 Å². The van der Waals surface area contributed by atoms with Crippen LogP contribution >= 0.6 is 0 Å². The van der Waals surface area contributed by atoms with Gasteiger partial charge in [-0.05, 0) is 25.2 Å². The summed E-state index contributed by atoms with van der Waals surface area (Å²) in [6.45, 7) is 11.0. The highest BCUT2D eigenvalue weighted by Crippen LogP contribution is 2.26. The zero-order chi connectivity index (χ0) is 13.3. The topological polar surface area (TPSA) is 49.4 Å². The van der Waals surface area contributed by atoms with Crippen LogP contribution in [0.25, 0.3) is 0 Å². The monoisotopic (exact) mass is 240 g/mol. The molecule has 17 heavy (non-hydrogen) atoms. The first-order valence-corrected chi connectivity index (χ1v) is 6.29. The zero-order valence-electron chi connectivity index (χ0n) is 11.6. The lowest BCUT2D eigenvalue weighted by atomic mass is 9.88. The SMILES string of the molecule is CCC1(C)C(=O)NCC(=O)N1CCC(C)(C)C. The van der Waals surface area contributed by atoms with Crippen molar-refractivity contribution < 1.29 is 9.59 Å². The van der Waals surface area contributed by atoms with E-state index in [0.29, 0.717) is 13.0 Å². The molecular weight excluding hydrogens is 216 g/mol. The maximum absolute atomic E-state index is 11.9. The summed E-state index contributed by atoms with van der Waals surface area (Å²) in [4.78, 5) is 25.6. The van der Waals surface area contributed by atoms with Crippen molar-refractivity contribution in [3.05, 3.63) is 0 Å². The summed E-state index contributed by atoms with van der Waals surface area (Å²) in [7, 11) is 0. The van der Waals surface area contributed by atoms with Crippen molar-refractivity contribution in [2.75, 3.05) is 13.1 Å². The highest BCUT2D eigenvalue weighted by molar-refractivity contribution is 5.97. The van der Waals surface area contributed by atoms with Crippen molar-refractivity contribution in [2.45, 2.75) is 53.0 Å². The molecule has 0 aliphatic carbocycles. The van der Waals surface area contributed by atoms with Crippen molar-refractivity contribution >= 4 is 11.8 Å². The van der Waals surface area contributed by atoms with E-state index in [1.165, 1.54) is 0 Å².